The van der Waals surface area contributed by atoms with E-state index in [0.29, 0.717) is 10.7 Å². The maximum absolute atomic E-state index is 12.3. The van der Waals surface area contributed by atoms with Crippen molar-refractivity contribution >= 4 is 34.2 Å². The fourth-order valence-corrected chi connectivity index (χ4v) is 2.73. The molecule has 0 fully saturated rings. The van der Waals surface area contributed by atoms with Crippen molar-refractivity contribution in [2.45, 2.75) is 6.04 Å². The number of hydrogen-bond acceptors (Lipinski definition) is 3. The van der Waals surface area contributed by atoms with Crippen LogP contribution < -0.4 is 5.73 Å². The van der Waals surface area contributed by atoms with Gasteiger partial charge in [0.2, 0.25) is 0 Å². The number of nitrogens with zero attached hydrogens (tertiary/aromatic N) is 1. The monoisotopic (exact) mass is 314 g/mol. The summed E-state index contributed by atoms with van der Waals surface area (Å²) in [5, 5.41) is 1.53. The van der Waals surface area contributed by atoms with Crippen LogP contribution in [0.4, 0.5) is 5.69 Å². The van der Waals surface area contributed by atoms with E-state index in [2.05, 4.69) is 0 Å². The Morgan fingerprint density at radius 1 is 1.18 bits per heavy atom. The predicted octanol–water partition coefficient (Wildman–Crippen LogP) is 3.64. The van der Waals surface area contributed by atoms with Crippen molar-refractivity contribution in [2.24, 2.45) is 0 Å². The van der Waals surface area contributed by atoms with Gasteiger partial charge in [-0.25, -0.2) is 4.79 Å². The molecule has 0 aliphatic heterocycles. The Labute approximate surface area is 133 Å². The molecule has 1 heterocycles. The second-order valence-corrected chi connectivity index (χ2v) is 5.42. The molecule has 3 rings (SSSR count). The van der Waals surface area contributed by atoms with Gasteiger partial charge in [0, 0.05) is 22.3 Å². The summed E-state index contributed by atoms with van der Waals surface area (Å²) in [5.74, 6) is -0.345. The van der Waals surface area contributed by atoms with E-state index in [9.17, 15) is 4.79 Å². The van der Waals surface area contributed by atoms with Crippen LogP contribution >= 0.6 is 11.6 Å². The molecule has 0 saturated heterocycles. The van der Waals surface area contributed by atoms with Gasteiger partial charge in [0.25, 0.3) is 0 Å². The number of carbonyl (C=O) groups is 1. The fourth-order valence-electron chi connectivity index (χ4n) is 2.60. The second-order valence-electron chi connectivity index (χ2n) is 4.98. The predicted molar refractivity (Wildman–Crippen MR) is 88.0 cm³/mol. The number of esters is 1. The lowest BCUT2D eigenvalue weighted by Gasteiger charge is -2.18. The molecule has 5 heteroatoms. The number of benzene rings is 2. The topological polar surface area (TPSA) is 57.2 Å². The van der Waals surface area contributed by atoms with Crippen LogP contribution in [-0.4, -0.2) is 17.6 Å². The lowest BCUT2D eigenvalue weighted by atomic mass is 10.1. The Morgan fingerprint density at radius 3 is 2.59 bits per heavy atom. The van der Waals surface area contributed by atoms with Gasteiger partial charge in [-0.1, -0.05) is 29.8 Å². The molecule has 1 aromatic heterocycles. The molecular formula is C17H15ClN2O2. The second kappa shape index (κ2) is 5.73. The number of aromatic nitrogens is 1. The lowest BCUT2D eigenvalue weighted by molar-refractivity contribution is -0.143. The number of halogens is 1. The number of rotatable bonds is 3. The average molecular weight is 315 g/mol. The first kappa shape index (κ1) is 14.5. The number of anilines is 1. The Bertz CT molecular complexity index is 824. The molecular weight excluding hydrogens is 300 g/mol. The van der Waals surface area contributed by atoms with Crippen molar-refractivity contribution in [3.8, 4) is 0 Å². The first-order valence-corrected chi connectivity index (χ1v) is 7.18. The van der Waals surface area contributed by atoms with Gasteiger partial charge < -0.3 is 15.0 Å². The highest BCUT2D eigenvalue weighted by Crippen LogP contribution is 2.29. The number of nitrogens with two attached hydrogens (primary N) is 1. The summed E-state index contributed by atoms with van der Waals surface area (Å²) in [6.07, 6.45) is 1.84. The van der Waals surface area contributed by atoms with Crippen molar-refractivity contribution < 1.29 is 9.53 Å². The van der Waals surface area contributed by atoms with Crippen molar-refractivity contribution in [3.05, 3.63) is 65.3 Å². The Morgan fingerprint density at radius 2 is 1.91 bits per heavy atom. The molecule has 22 heavy (non-hydrogen) atoms. The minimum atomic E-state index is -0.582. The molecule has 112 valence electrons. The van der Waals surface area contributed by atoms with Crippen LogP contribution in [0.2, 0.25) is 5.02 Å². The quantitative estimate of drug-likeness (QED) is 0.593. The van der Waals surface area contributed by atoms with Gasteiger partial charge in [-0.3, -0.25) is 0 Å². The minimum absolute atomic E-state index is 0.345. The molecule has 4 nitrogen and oxygen atoms in total. The van der Waals surface area contributed by atoms with Crippen LogP contribution in [0.1, 0.15) is 11.6 Å². The number of ether oxygens (including phenoxy) is 1. The van der Waals surface area contributed by atoms with Crippen LogP contribution in [0, 0.1) is 0 Å². The zero-order valence-corrected chi connectivity index (χ0v) is 12.7. The summed E-state index contributed by atoms with van der Waals surface area (Å²) in [5.41, 5.74) is 8.35. The highest BCUT2D eigenvalue weighted by atomic mass is 35.5. The summed E-state index contributed by atoms with van der Waals surface area (Å²) in [7, 11) is 1.38. The number of hydrogen-bond donors (Lipinski definition) is 1. The standard InChI is InChI=1S/C17H15ClN2O2/c1-22-17(21)16(11-5-7-12(18)8-6-11)20-10-9-13-14(19)3-2-4-15(13)20/h2-10,16H,19H2,1H3. The third-order valence-electron chi connectivity index (χ3n) is 3.69. The number of carbonyl (C=O) groups excluding carboxylic acids is 1. The van der Waals surface area contributed by atoms with Crippen LogP contribution in [0.3, 0.4) is 0 Å². The molecule has 0 aliphatic rings. The zero-order chi connectivity index (χ0) is 15.7. The molecule has 0 amide bonds. The fraction of sp³-hybridized carbons (Fsp3) is 0.118. The Kier molecular flexibility index (Phi) is 3.77. The van der Waals surface area contributed by atoms with Gasteiger partial charge in [0.1, 0.15) is 0 Å². The maximum atomic E-state index is 12.3. The molecule has 3 aromatic rings. The first-order valence-electron chi connectivity index (χ1n) is 6.80. The van der Waals surface area contributed by atoms with E-state index in [4.69, 9.17) is 22.1 Å². The van der Waals surface area contributed by atoms with Crippen LogP contribution in [0.5, 0.6) is 0 Å². The van der Waals surface area contributed by atoms with Gasteiger partial charge in [-0.2, -0.15) is 0 Å². The van der Waals surface area contributed by atoms with E-state index in [1.54, 1.807) is 12.1 Å². The minimum Gasteiger partial charge on any atom is -0.467 e. The lowest BCUT2D eigenvalue weighted by Crippen LogP contribution is -2.21. The summed E-state index contributed by atoms with van der Waals surface area (Å²) in [6, 6.07) is 14.1. The van der Waals surface area contributed by atoms with Gasteiger partial charge in [-0.15, -0.1) is 0 Å². The normalized spacial score (nSPS) is 12.3. The molecule has 1 atom stereocenters. The largest absolute Gasteiger partial charge is 0.467 e. The smallest absolute Gasteiger partial charge is 0.333 e. The third kappa shape index (κ3) is 2.42. The van der Waals surface area contributed by atoms with Crippen LogP contribution in [0.15, 0.2) is 54.7 Å². The van der Waals surface area contributed by atoms with Crippen LogP contribution in [0.25, 0.3) is 10.9 Å². The zero-order valence-electron chi connectivity index (χ0n) is 12.0. The SMILES string of the molecule is COC(=O)C(c1ccc(Cl)cc1)n1ccc2c(N)cccc21. The Balaban J connectivity index is 2.18. The van der Waals surface area contributed by atoms with E-state index in [1.807, 2.05) is 47.2 Å². The number of fused-ring (bicyclic) bond motifs is 1. The molecule has 0 bridgehead atoms. The molecule has 0 aliphatic carbocycles. The van der Waals surface area contributed by atoms with Crippen LogP contribution in [-0.2, 0) is 9.53 Å². The van der Waals surface area contributed by atoms with Crippen molar-refractivity contribution in [1.82, 2.24) is 4.57 Å². The average Bonchev–Trinajstić information content (AvgIpc) is 2.94. The van der Waals surface area contributed by atoms with Crippen molar-refractivity contribution in [3.63, 3.8) is 0 Å². The molecule has 2 aromatic carbocycles. The summed E-state index contributed by atoms with van der Waals surface area (Å²) in [6.45, 7) is 0. The van der Waals surface area contributed by atoms with E-state index < -0.39 is 6.04 Å². The molecule has 1 unspecified atom stereocenters. The molecule has 0 radical (unpaired) electrons. The van der Waals surface area contributed by atoms with E-state index in [1.165, 1.54) is 7.11 Å². The first-order chi connectivity index (χ1) is 10.6. The van der Waals surface area contributed by atoms with Gasteiger partial charge in [0.15, 0.2) is 6.04 Å². The molecule has 0 spiro atoms. The summed E-state index contributed by atoms with van der Waals surface area (Å²) in [4.78, 5) is 12.3. The van der Waals surface area contributed by atoms with E-state index in [0.717, 1.165) is 16.5 Å². The number of methoxy groups -OCH3 is 1. The third-order valence-corrected chi connectivity index (χ3v) is 3.94. The van der Waals surface area contributed by atoms with Crippen molar-refractivity contribution in [1.29, 1.82) is 0 Å². The Hall–Kier alpha value is -2.46. The summed E-state index contributed by atoms with van der Waals surface area (Å²) >= 11 is 5.93. The maximum Gasteiger partial charge on any atom is 0.333 e. The van der Waals surface area contributed by atoms with Gasteiger partial charge in [0.05, 0.1) is 12.6 Å². The highest BCUT2D eigenvalue weighted by Gasteiger charge is 2.24. The van der Waals surface area contributed by atoms with E-state index in [-0.39, 0.29) is 5.97 Å². The van der Waals surface area contributed by atoms with Crippen molar-refractivity contribution in [2.75, 3.05) is 12.8 Å². The van der Waals surface area contributed by atoms with Gasteiger partial charge >= 0.3 is 5.97 Å². The number of nitrogen functional groups attached to an aromatic ring is 1. The highest BCUT2D eigenvalue weighted by molar-refractivity contribution is 6.30. The molecule has 2 N–H and O–H groups in total. The summed E-state index contributed by atoms with van der Waals surface area (Å²) < 4.78 is 6.84. The van der Waals surface area contributed by atoms with Gasteiger partial charge in [-0.05, 0) is 35.9 Å². The molecule has 0 saturated carbocycles. The van der Waals surface area contributed by atoms with E-state index >= 15 is 0 Å².